The van der Waals surface area contributed by atoms with Gasteiger partial charge in [-0.1, -0.05) is 0 Å². The van der Waals surface area contributed by atoms with E-state index in [0.29, 0.717) is 22.8 Å². The number of rotatable bonds is 8. The monoisotopic (exact) mass is 467 g/mol. The van der Waals surface area contributed by atoms with Gasteiger partial charge in [0.1, 0.15) is 5.56 Å². The molecule has 1 aliphatic heterocycles. The molecule has 34 heavy (non-hydrogen) atoms. The van der Waals surface area contributed by atoms with Crippen LogP contribution in [0.1, 0.15) is 32.1 Å². The molecule has 0 amide bonds. The maximum Gasteiger partial charge on any atom is 0.342 e. The average Bonchev–Trinajstić information content (AvgIpc) is 3.43. The Kier molecular flexibility index (Phi) is 6.36. The molecule has 0 unspecified atom stereocenters. The second-order valence-corrected chi connectivity index (χ2v) is 7.54. The molecule has 4 rings (SSSR count). The molecule has 0 atom stereocenters. The number of Topliss-reactive ketones (excluding diaryl/α,β-unsaturated/α-hetero) is 1. The summed E-state index contributed by atoms with van der Waals surface area (Å²) in [6, 6.07) is 10.4. The summed E-state index contributed by atoms with van der Waals surface area (Å²) in [5, 5.41) is 0. The van der Waals surface area contributed by atoms with E-state index in [2.05, 4.69) is 0 Å². The van der Waals surface area contributed by atoms with Crippen LogP contribution in [-0.2, 0) is 4.74 Å². The predicted octanol–water partition coefficient (Wildman–Crippen LogP) is 3.89. The lowest BCUT2D eigenvalue weighted by atomic mass is 10.1. The van der Waals surface area contributed by atoms with Crippen LogP contribution in [0, 0.1) is 13.8 Å². The van der Waals surface area contributed by atoms with Crippen LogP contribution in [0.15, 0.2) is 36.4 Å². The molecule has 0 N–H and O–H groups in total. The maximum absolute atomic E-state index is 13.0. The fraction of sp³-hybridized carbons (Fsp3) is 0.280. The van der Waals surface area contributed by atoms with Crippen LogP contribution in [0.5, 0.6) is 28.7 Å². The Morgan fingerprint density at radius 1 is 0.882 bits per heavy atom. The quantitative estimate of drug-likeness (QED) is 0.364. The topological polar surface area (TPSA) is 94.5 Å². The van der Waals surface area contributed by atoms with Gasteiger partial charge in [0.15, 0.2) is 29.6 Å². The molecule has 0 saturated heterocycles. The molecule has 1 aliphatic rings. The minimum atomic E-state index is -0.712. The molecule has 2 heterocycles. The highest BCUT2D eigenvalue weighted by Gasteiger charge is 2.24. The maximum atomic E-state index is 13.0. The molecule has 1 aromatic heterocycles. The van der Waals surface area contributed by atoms with Gasteiger partial charge in [0, 0.05) is 28.7 Å². The largest absolute Gasteiger partial charge is 0.493 e. The van der Waals surface area contributed by atoms with Crippen molar-refractivity contribution in [2.75, 3.05) is 34.7 Å². The Bertz CT molecular complexity index is 1260. The summed E-state index contributed by atoms with van der Waals surface area (Å²) in [6.07, 6.45) is 0. The first-order valence-corrected chi connectivity index (χ1v) is 10.5. The summed E-state index contributed by atoms with van der Waals surface area (Å²) in [7, 11) is 4.33. The molecule has 0 bridgehead atoms. The number of hydrogen-bond donors (Lipinski definition) is 0. The van der Waals surface area contributed by atoms with Crippen molar-refractivity contribution in [3.8, 4) is 34.4 Å². The van der Waals surface area contributed by atoms with Gasteiger partial charge in [-0.2, -0.15) is 0 Å². The van der Waals surface area contributed by atoms with E-state index in [1.165, 1.54) is 27.4 Å². The van der Waals surface area contributed by atoms with E-state index in [1.807, 2.05) is 36.6 Å². The standard InChI is InChI=1S/C25H25NO8/c1-14-10-18(15(2)26(14)16-6-8-20-22(11-16)34-13-33-20)19(27)12-32-25(28)17-7-9-21(29-3)24(31-5)23(17)30-4/h6-11H,12-13H2,1-5H3. The fourth-order valence-electron chi connectivity index (χ4n) is 4.02. The number of ketones is 1. The third-order valence-electron chi connectivity index (χ3n) is 5.60. The Hall–Kier alpha value is -4.14. The van der Waals surface area contributed by atoms with Gasteiger partial charge in [-0.05, 0) is 44.2 Å². The van der Waals surface area contributed by atoms with Gasteiger partial charge < -0.3 is 33.0 Å². The Labute approximate surface area is 196 Å². The minimum Gasteiger partial charge on any atom is -0.493 e. The van der Waals surface area contributed by atoms with Crippen molar-refractivity contribution in [1.82, 2.24) is 4.57 Å². The third-order valence-corrected chi connectivity index (χ3v) is 5.60. The van der Waals surface area contributed by atoms with Crippen LogP contribution >= 0.6 is 0 Å². The number of esters is 1. The highest BCUT2D eigenvalue weighted by molar-refractivity contribution is 6.01. The first-order valence-electron chi connectivity index (χ1n) is 10.5. The lowest BCUT2D eigenvalue weighted by Crippen LogP contribution is -2.16. The van der Waals surface area contributed by atoms with Crippen molar-refractivity contribution in [3.05, 3.63) is 58.9 Å². The Balaban J connectivity index is 1.53. The minimum absolute atomic E-state index is 0.124. The van der Waals surface area contributed by atoms with Crippen molar-refractivity contribution in [3.63, 3.8) is 0 Å². The summed E-state index contributed by atoms with van der Waals surface area (Å²) >= 11 is 0. The van der Waals surface area contributed by atoms with Gasteiger partial charge in [-0.3, -0.25) is 4.79 Å². The van der Waals surface area contributed by atoms with Crippen LogP contribution in [-0.4, -0.2) is 51.0 Å². The zero-order chi connectivity index (χ0) is 24.4. The number of benzene rings is 2. The number of methoxy groups -OCH3 is 3. The van der Waals surface area contributed by atoms with Gasteiger partial charge in [0.2, 0.25) is 18.3 Å². The zero-order valence-corrected chi connectivity index (χ0v) is 19.6. The van der Waals surface area contributed by atoms with E-state index in [9.17, 15) is 9.59 Å². The Morgan fingerprint density at radius 3 is 2.32 bits per heavy atom. The van der Waals surface area contributed by atoms with Gasteiger partial charge in [-0.15, -0.1) is 0 Å². The zero-order valence-electron chi connectivity index (χ0n) is 19.6. The third kappa shape index (κ3) is 4.00. The highest BCUT2D eigenvalue weighted by atomic mass is 16.7. The molecule has 3 aromatic rings. The van der Waals surface area contributed by atoms with E-state index < -0.39 is 12.6 Å². The second kappa shape index (κ2) is 9.38. The summed E-state index contributed by atoms with van der Waals surface area (Å²) in [6.45, 7) is 3.49. The smallest absolute Gasteiger partial charge is 0.342 e. The van der Waals surface area contributed by atoms with Crippen molar-refractivity contribution >= 4 is 11.8 Å². The van der Waals surface area contributed by atoms with Gasteiger partial charge >= 0.3 is 5.97 Å². The van der Waals surface area contributed by atoms with Crippen molar-refractivity contribution in [2.45, 2.75) is 13.8 Å². The average molecular weight is 467 g/mol. The molecule has 0 spiro atoms. The number of aromatic nitrogens is 1. The van der Waals surface area contributed by atoms with Crippen LogP contribution < -0.4 is 23.7 Å². The molecule has 0 aliphatic carbocycles. The number of fused-ring (bicyclic) bond motifs is 1. The fourth-order valence-corrected chi connectivity index (χ4v) is 4.02. The van der Waals surface area contributed by atoms with E-state index in [-0.39, 0.29) is 29.6 Å². The second-order valence-electron chi connectivity index (χ2n) is 7.54. The molecule has 9 heteroatoms. The molecule has 178 valence electrons. The van der Waals surface area contributed by atoms with Crippen LogP contribution in [0.2, 0.25) is 0 Å². The highest BCUT2D eigenvalue weighted by Crippen LogP contribution is 2.40. The number of carbonyl (C=O) groups excluding carboxylic acids is 2. The van der Waals surface area contributed by atoms with Gasteiger partial charge in [0.25, 0.3) is 0 Å². The summed E-state index contributed by atoms with van der Waals surface area (Å²) in [5.74, 6) is 1.13. The molecular formula is C25H25NO8. The van der Waals surface area contributed by atoms with Gasteiger partial charge in [-0.25, -0.2) is 4.79 Å². The molecule has 0 fully saturated rings. The van der Waals surface area contributed by atoms with Crippen molar-refractivity contribution < 1.29 is 38.0 Å². The Morgan fingerprint density at radius 2 is 1.62 bits per heavy atom. The van der Waals surface area contributed by atoms with Crippen molar-refractivity contribution in [1.29, 1.82) is 0 Å². The number of carbonyl (C=O) groups is 2. The summed E-state index contributed by atoms with van der Waals surface area (Å²) in [4.78, 5) is 25.7. The van der Waals surface area contributed by atoms with Crippen LogP contribution in [0.3, 0.4) is 0 Å². The molecular weight excluding hydrogens is 442 g/mol. The summed E-state index contributed by atoms with van der Waals surface area (Å²) < 4.78 is 34.0. The molecule has 2 aromatic carbocycles. The van der Waals surface area contributed by atoms with E-state index in [4.69, 9.17) is 28.4 Å². The number of aryl methyl sites for hydroxylation is 1. The number of hydrogen-bond acceptors (Lipinski definition) is 8. The first-order chi connectivity index (χ1) is 16.4. The van der Waals surface area contributed by atoms with E-state index in [0.717, 1.165) is 17.1 Å². The lowest BCUT2D eigenvalue weighted by Gasteiger charge is -2.15. The summed E-state index contributed by atoms with van der Waals surface area (Å²) in [5.41, 5.74) is 3.00. The number of ether oxygens (including phenoxy) is 6. The van der Waals surface area contributed by atoms with Gasteiger partial charge in [0.05, 0.1) is 21.3 Å². The van der Waals surface area contributed by atoms with Crippen LogP contribution in [0.4, 0.5) is 0 Å². The normalized spacial score (nSPS) is 11.8. The number of nitrogens with zero attached hydrogens (tertiary/aromatic N) is 1. The van der Waals surface area contributed by atoms with E-state index in [1.54, 1.807) is 12.1 Å². The first kappa shape index (κ1) is 23.0. The SMILES string of the molecule is COc1ccc(C(=O)OCC(=O)c2cc(C)n(-c3ccc4c(c3)OCO4)c2C)c(OC)c1OC. The molecule has 0 radical (unpaired) electrons. The van der Waals surface area contributed by atoms with Crippen LogP contribution in [0.25, 0.3) is 5.69 Å². The molecule has 0 saturated carbocycles. The van der Waals surface area contributed by atoms with Crippen molar-refractivity contribution in [2.24, 2.45) is 0 Å². The lowest BCUT2D eigenvalue weighted by molar-refractivity contribution is 0.0470. The van der Waals surface area contributed by atoms with E-state index >= 15 is 0 Å². The molecule has 9 nitrogen and oxygen atoms in total. The predicted molar refractivity (Wildman–Crippen MR) is 122 cm³/mol.